The van der Waals surface area contributed by atoms with Gasteiger partial charge in [-0.15, -0.1) is 0 Å². The lowest BCUT2D eigenvalue weighted by molar-refractivity contribution is -0.120. The molecule has 0 aliphatic carbocycles. The van der Waals surface area contributed by atoms with Crippen LogP contribution in [0.25, 0.3) is 0 Å². The van der Waals surface area contributed by atoms with Crippen molar-refractivity contribution in [2.24, 2.45) is 5.16 Å². The highest BCUT2D eigenvalue weighted by atomic mass is 16.6. The van der Waals surface area contributed by atoms with Gasteiger partial charge in [0, 0.05) is 5.69 Å². The molecule has 2 aromatic rings. The van der Waals surface area contributed by atoms with E-state index in [9.17, 15) is 9.59 Å². The van der Waals surface area contributed by atoms with E-state index in [1.54, 1.807) is 18.2 Å². The molecule has 0 radical (unpaired) electrons. The van der Waals surface area contributed by atoms with Gasteiger partial charge in [0.1, 0.15) is 5.75 Å². The number of nitrogens with zero attached hydrogens (tertiary/aromatic N) is 1. The second kappa shape index (κ2) is 9.96. The van der Waals surface area contributed by atoms with Crippen molar-refractivity contribution >= 4 is 23.8 Å². The van der Waals surface area contributed by atoms with Crippen molar-refractivity contribution in [3.8, 4) is 5.75 Å². The molecule has 0 unspecified atom stereocenters. The first-order valence-corrected chi connectivity index (χ1v) is 8.40. The Hall–Kier alpha value is -3.35. The summed E-state index contributed by atoms with van der Waals surface area (Å²) >= 11 is 0. The van der Waals surface area contributed by atoms with E-state index in [1.807, 2.05) is 38.1 Å². The number of ether oxygens (including phenoxy) is 2. The number of carbonyl (C=O) groups is 2. The number of hydrogen-bond acceptors (Lipinski definition) is 6. The molecule has 0 heterocycles. The molecule has 1 amide bonds. The predicted molar refractivity (Wildman–Crippen MR) is 102 cm³/mol. The molecular formula is C20H22N2O5. The van der Waals surface area contributed by atoms with Gasteiger partial charge >= 0.3 is 5.97 Å². The number of rotatable bonds is 8. The number of hydrogen-bond donors (Lipinski definition) is 1. The van der Waals surface area contributed by atoms with Crippen LogP contribution in [-0.4, -0.2) is 38.4 Å². The number of esters is 1. The average Bonchev–Trinajstić information content (AvgIpc) is 2.68. The van der Waals surface area contributed by atoms with Gasteiger partial charge in [0.25, 0.3) is 5.91 Å². The number of oxime groups is 1. The molecule has 7 nitrogen and oxygen atoms in total. The van der Waals surface area contributed by atoms with Crippen LogP contribution in [0.15, 0.2) is 47.6 Å². The Morgan fingerprint density at radius 2 is 1.89 bits per heavy atom. The molecule has 1 N–H and O–H groups in total. The van der Waals surface area contributed by atoms with E-state index in [0.29, 0.717) is 17.9 Å². The molecule has 0 aliphatic rings. The van der Waals surface area contributed by atoms with Crippen LogP contribution in [0, 0.1) is 6.92 Å². The third-order valence-corrected chi connectivity index (χ3v) is 3.60. The van der Waals surface area contributed by atoms with Gasteiger partial charge in [-0.25, -0.2) is 4.79 Å². The Bertz CT molecular complexity index is 816. The Morgan fingerprint density at radius 1 is 1.15 bits per heavy atom. The van der Waals surface area contributed by atoms with Crippen LogP contribution in [-0.2, 0) is 14.4 Å². The van der Waals surface area contributed by atoms with Crippen molar-refractivity contribution in [1.29, 1.82) is 0 Å². The Labute approximate surface area is 157 Å². The zero-order valence-corrected chi connectivity index (χ0v) is 15.5. The van der Waals surface area contributed by atoms with Crippen LogP contribution >= 0.6 is 0 Å². The van der Waals surface area contributed by atoms with E-state index in [4.69, 9.17) is 9.57 Å². The standard InChI is InChI=1S/C20H22N2O5/c1-4-26-17-9-6-15(7-10-17)12-21-27-13-19(23)22-18-11-16(20(24)25-3)8-5-14(18)2/h5-12H,4,13H2,1-3H3,(H,22,23)/b21-12-. The largest absolute Gasteiger partial charge is 0.494 e. The summed E-state index contributed by atoms with van der Waals surface area (Å²) in [5.74, 6) is -0.0786. The molecule has 0 saturated carbocycles. The zero-order valence-electron chi connectivity index (χ0n) is 15.5. The molecule has 7 heteroatoms. The smallest absolute Gasteiger partial charge is 0.337 e. The number of carbonyl (C=O) groups excluding carboxylic acids is 2. The van der Waals surface area contributed by atoms with Crippen LogP contribution in [0.5, 0.6) is 5.75 Å². The number of methoxy groups -OCH3 is 1. The van der Waals surface area contributed by atoms with E-state index in [0.717, 1.165) is 16.9 Å². The van der Waals surface area contributed by atoms with E-state index >= 15 is 0 Å². The van der Waals surface area contributed by atoms with Gasteiger partial charge in [-0.05, 0) is 61.4 Å². The minimum atomic E-state index is -0.471. The van der Waals surface area contributed by atoms with E-state index in [2.05, 4.69) is 15.2 Å². The van der Waals surface area contributed by atoms with Crippen LogP contribution < -0.4 is 10.1 Å². The molecule has 2 rings (SSSR count). The summed E-state index contributed by atoms with van der Waals surface area (Å²) in [4.78, 5) is 28.6. The van der Waals surface area contributed by atoms with Crippen LogP contribution in [0.2, 0.25) is 0 Å². The van der Waals surface area contributed by atoms with Crippen molar-refractivity contribution in [2.75, 3.05) is 25.6 Å². The number of nitrogens with one attached hydrogen (secondary N) is 1. The van der Waals surface area contributed by atoms with Gasteiger partial charge in [0.2, 0.25) is 0 Å². The fourth-order valence-electron chi connectivity index (χ4n) is 2.20. The topological polar surface area (TPSA) is 86.2 Å². The van der Waals surface area contributed by atoms with Crippen molar-refractivity contribution in [3.63, 3.8) is 0 Å². The van der Waals surface area contributed by atoms with E-state index < -0.39 is 5.97 Å². The number of anilines is 1. The average molecular weight is 370 g/mol. The molecular weight excluding hydrogens is 348 g/mol. The minimum absolute atomic E-state index is 0.255. The maximum atomic E-state index is 12.0. The van der Waals surface area contributed by atoms with E-state index in [-0.39, 0.29) is 12.5 Å². The van der Waals surface area contributed by atoms with E-state index in [1.165, 1.54) is 13.3 Å². The summed E-state index contributed by atoms with van der Waals surface area (Å²) in [7, 11) is 1.30. The molecule has 0 atom stereocenters. The molecule has 0 aromatic heterocycles. The molecule has 2 aromatic carbocycles. The summed E-state index contributed by atoms with van der Waals surface area (Å²) in [6, 6.07) is 12.2. The molecule has 0 fully saturated rings. The molecule has 27 heavy (non-hydrogen) atoms. The highest BCUT2D eigenvalue weighted by Crippen LogP contribution is 2.17. The van der Waals surface area contributed by atoms with Crippen molar-refractivity contribution < 1.29 is 23.9 Å². The lowest BCUT2D eigenvalue weighted by Crippen LogP contribution is -2.18. The van der Waals surface area contributed by atoms with Gasteiger partial charge < -0.3 is 19.6 Å². The normalized spacial score (nSPS) is 10.5. The third kappa shape index (κ3) is 6.14. The van der Waals surface area contributed by atoms with Gasteiger partial charge in [-0.2, -0.15) is 0 Å². The van der Waals surface area contributed by atoms with Crippen LogP contribution in [0.1, 0.15) is 28.4 Å². The molecule has 0 aliphatic heterocycles. The maximum Gasteiger partial charge on any atom is 0.337 e. The number of benzene rings is 2. The summed E-state index contributed by atoms with van der Waals surface area (Å²) in [5.41, 5.74) is 2.50. The molecule has 0 bridgehead atoms. The van der Waals surface area contributed by atoms with Crippen molar-refractivity contribution in [3.05, 3.63) is 59.2 Å². The summed E-state index contributed by atoms with van der Waals surface area (Å²) in [6.45, 7) is 4.09. The van der Waals surface area contributed by atoms with Crippen LogP contribution in [0.4, 0.5) is 5.69 Å². The second-order valence-electron chi connectivity index (χ2n) is 5.58. The highest BCUT2D eigenvalue weighted by Gasteiger charge is 2.10. The fraction of sp³-hybridized carbons (Fsp3) is 0.250. The first-order valence-electron chi connectivity index (χ1n) is 8.40. The van der Waals surface area contributed by atoms with Gasteiger partial charge in [0.05, 0.1) is 25.5 Å². The first kappa shape index (κ1) is 20.0. The van der Waals surface area contributed by atoms with Gasteiger partial charge in [-0.3, -0.25) is 4.79 Å². The molecule has 142 valence electrons. The fourth-order valence-corrected chi connectivity index (χ4v) is 2.20. The maximum absolute atomic E-state index is 12.0. The third-order valence-electron chi connectivity index (χ3n) is 3.60. The van der Waals surface area contributed by atoms with Crippen LogP contribution in [0.3, 0.4) is 0 Å². The Balaban J connectivity index is 1.86. The van der Waals surface area contributed by atoms with Gasteiger partial charge in [0.15, 0.2) is 6.61 Å². The summed E-state index contributed by atoms with van der Waals surface area (Å²) < 4.78 is 10.0. The number of aryl methyl sites for hydroxylation is 1. The Kier molecular flexibility index (Phi) is 7.37. The Morgan fingerprint density at radius 3 is 2.56 bits per heavy atom. The van der Waals surface area contributed by atoms with Crippen molar-refractivity contribution in [1.82, 2.24) is 0 Å². The lowest BCUT2D eigenvalue weighted by atomic mass is 10.1. The quantitative estimate of drug-likeness (QED) is 0.438. The first-order chi connectivity index (χ1) is 13.0. The highest BCUT2D eigenvalue weighted by molar-refractivity contribution is 5.95. The SMILES string of the molecule is CCOc1ccc(/C=N\OCC(=O)Nc2cc(C(=O)OC)ccc2C)cc1. The number of amides is 1. The summed E-state index contributed by atoms with van der Waals surface area (Å²) in [5, 5.41) is 6.47. The minimum Gasteiger partial charge on any atom is -0.494 e. The molecule has 0 saturated heterocycles. The van der Waals surface area contributed by atoms with Crippen molar-refractivity contribution in [2.45, 2.75) is 13.8 Å². The lowest BCUT2D eigenvalue weighted by Gasteiger charge is -2.09. The zero-order chi connectivity index (χ0) is 19.6. The van der Waals surface area contributed by atoms with Gasteiger partial charge in [-0.1, -0.05) is 11.2 Å². The second-order valence-corrected chi connectivity index (χ2v) is 5.58. The predicted octanol–water partition coefficient (Wildman–Crippen LogP) is 3.17. The monoisotopic (exact) mass is 370 g/mol. The summed E-state index contributed by atoms with van der Waals surface area (Å²) in [6.07, 6.45) is 1.51. The molecule has 0 spiro atoms.